The van der Waals surface area contributed by atoms with Gasteiger partial charge in [-0.15, -0.1) is 10.2 Å². The van der Waals surface area contributed by atoms with Crippen molar-refractivity contribution in [2.24, 2.45) is 0 Å². The number of amides is 1. The number of nitrogens with one attached hydrogen (secondary N) is 1. The lowest BCUT2D eigenvalue weighted by Crippen LogP contribution is -2.14. The van der Waals surface area contributed by atoms with E-state index in [0.717, 1.165) is 26.2 Å². The van der Waals surface area contributed by atoms with Gasteiger partial charge in [-0.1, -0.05) is 65.6 Å². The zero-order chi connectivity index (χ0) is 19.3. The number of aryl methyl sites for hydroxylation is 1. The zero-order valence-corrected chi connectivity index (χ0v) is 16.6. The average molecular weight is 405 g/mol. The van der Waals surface area contributed by atoms with Crippen LogP contribution in [0.25, 0.3) is 11.3 Å². The lowest BCUT2D eigenvalue weighted by Gasteiger charge is -2.11. The lowest BCUT2D eigenvalue weighted by molar-refractivity contribution is 0.102. The van der Waals surface area contributed by atoms with Crippen molar-refractivity contribution in [1.82, 2.24) is 15.2 Å². The van der Waals surface area contributed by atoms with Gasteiger partial charge in [0.1, 0.15) is 5.51 Å². The lowest BCUT2D eigenvalue weighted by atomic mass is 10.1. The molecule has 1 N–H and O–H groups in total. The minimum absolute atomic E-state index is 0.185. The first-order chi connectivity index (χ1) is 13.7. The van der Waals surface area contributed by atoms with Gasteiger partial charge in [0.2, 0.25) is 0 Å². The molecule has 0 saturated heterocycles. The molecule has 0 unspecified atom stereocenters. The Morgan fingerprint density at radius 1 is 1.00 bits per heavy atom. The summed E-state index contributed by atoms with van der Waals surface area (Å²) < 4.78 is 0.826. The van der Waals surface area contributed by atoms with Gasteiger partial charge in [-0.25, -0.2) is 0 Å². The molecule has 138 valence electrons. The molecule has 0 spiro atoms. The van der Waals surface area contributed by atoms with Crippen LogP contribution >= 0.6 is 23.1 Å². The number of hydrogen-bond acceptors (Lipinski definition) is 6. The molecule has 0 bridgehead atoms. The minimum Gasteiger partial charge on any atom is -0.321 e. The summed E-state index contributed by atoms with van der Waals surface area (Å²) in [7, 11) is 0. The van der Waals surface area contributed by atoms with Gasteiger partial charge in [-0.3, -0.25) is 9.78 Å². The second-order valence-corrected chi connectivity index (χ2v) is 8.07. The van der Waals surface area contributed by atoms with Crippen LogP contribution in [-0.4, -0.2) is 21.1 Å². The molecule has 0 atom stereocenters. The third-order valence-corrected chi connectivity index (χ3v) is 5.93. The van der Waals surface area contributed by atoms with Gasteiger partial charge >= 0.3 is 0 Å². The highest BCUT2D eigenvalue weighted by atomic mass is 32.2. The smallest absolute Gasteiger partial charge is 0.257 e. The van der Waals surface area contributed by atoms with Crippen LogP contribution in [0.3, 0.4) is 0 Å². The summed E-state index contributed by atoms with van der Waals surface area (Å²) in [6.07, 6.45) is 0. The van der Waals surface area contributed by atoms with Crippen molar-refractivity contribution in [1.29, 1.82) is 0 Å². The summed E-state index contributed by atoms with van der Waals surface area (Å²) in [5, 5.41) is 10.9. The van der Waals surface area contributed by atoms with Crippen LogP contribution < -0.4 is 5.32 Å². The van der Waals surface area contributed by atoms with Crippen molar-refractivity contribution in [2.75, 3.05) is 5.32 Å². The van der Waals surface area contributed by atoms with E-state index < -0.39 is 0 Å². The molecule has 0 aliphatic carbocycles. The fourth-order valence-corrected chi connectivity index (χ4v) is 4.24. The Kier molecular flexibility index (Phi) is 5.45. The van der Waals surface area contributed by atoms with Gasteiger partial charge in [0, 0.05) is 10.5 Å². The topological polar surface area (TPSA) is 67.8 Å². The Balaban J connectivity index is 1.56. The quantitative estimate of drug-likeness (QED) is 0.488. The van der Waals surface area contributed by atoms with Crippen molar-refractivity contribution < 1.29 is 4.79 Å². The number of hydrogen-bond donors (Lipinski definition) is 1. The highest BCUT2D eigenvalue weighted by Gasteiger charge is 2.14. The van der Waals surface area contributed by atoms with Gasteiger partial charge in [0.15, 0.2) is 4.34 Å². The molecule has 28 heavy (non-hydrogen) atoms. The Bertz CT molecular complexity index is 1100. The van der Waals surface area contributed by atoms with E-state index in [4.69, 9.17) is 0 Å². The number of nitrogens with zero attached hydrogens (tertiary/aromatic N) is 3. The molecular weight excluding hydrogens is 388 g/mol. The van der Waals surface area contributed by atoms with Crippen molar-refractivity contribution in [2.45, 2.75) is 16.2 Å². The Hall–Kier alpha value is -3.03. The maximum absolute atomic E-state index is 12.9. The third kappa shape index (κ3) is 4.11. The first-order valence-electron chi connectivity index (χ1n) is 8.58. The molecule has 0 aliphatic heterocycles. The highest BCUT2D eigenvalue weighted by molar-refractivity contribution is 8.01. The average Bonchev–Trinajstić information content (AvgIpc) is 3.23. The number of aromatic nitrogens is 3. The maximum Gasteiger partial charge on any atom is 0.257 e. The molecule has 5 nitrogen and oxygen atoms in total. The molecule has 2 heterocycles. The summed E-state index contributed by atoms with van der Waals surface area (Å²) >= 11 is 2.94. The molecule has 1 amide bonds. The monoisotopic (exact) mass is 404 g/mol. The van der Waals surface area contributed by atoms with Crippen molar-refractivity contribution >= 4 is 34.7 Å². The molecule has 4 aromatic rings. The summed E-state index contributed by atoms with van der Waals surface area (Å²) in [6.45, 7) is 1.85. The van der Waals surface area contributed by atoms with Crippen LogP contribution in [0.2, 0.25) is 0 Å². The molecule has 0 saturated carbocycles. The largest absolute Gasteiger partial charge is 0.321 e. The van der Waals surface area contributed by atoms with E-state index in [0.29, 0.717) is 11.3 Å². The molecule has 4 rings (SSSR count). The van der Waals surface area contributed by atoms with Gasteiger partial charge in [0.25, 0.3) is 5.91 Å². The molecule has 0 fully saturated rings. The number of anilines is 1. The fourth-order valence-electron chi connectivity index (χ4n) is 2.72. The van der Waals surface area contributed by atoms with E-state index in [9.17, 15) is 4.79 Å². The van der Waals surface area contributed by atoms with E-state index in [1.54, 1.807) is 5.51 Å². The molecule has 7 heteroatoms. The SMILES string of the molecule is Cc1nc(-c2ccccc2)ccc1C(=O)Nc1ccccc1Sc1nncs1. The molecular formula is C21H16N4OS2. The number of pyridine rings is 1. The van der Waals surface area contributed by atoms with Crippen LogP contribution in [0.15, 0.2) is 81.5 Å². The molecule has 2 aromatic heterocycles. The minimum atomic E-state index is -0.185. The van der Waals surface area contributed by atoms with Crippen molar-refractivity contribution in [3.8, 4) is 11.3 Å². The van der Waals surface area contributed by atoms with Crippen LogP contribution in [0.5, 0.6) is 0 Å². The molecule has 0 radical (unpaired) electrons. The van der Waals surface area contributed by atoms with Crippen LogP contribution in [0, 0.1) is 6.92 Å². The van der Waals surface area contributed by atoms with E-state index in [-0.39, 0.29) is 5.91 Å². The van der Waals surface area contributed by atoms with E-state index in [1.807, 2.05) is 73.7 Å². The van der Waals surface area contributed by atoms with Crippen molar-refractivity contribution in [3.05, 3.63) is 83.5 Å². The highest BCUT2D eigenvalue weighted by Crippen LogP contribution is 2.34. The number of carbonyl (C=O) groups is 1. The normalized spacial score (nSPS) is 10.6. The van der Waals surface area contributed by atoms with Crippen LogP contribution in [-0.2, 0) is 0 Å². The number of rotatable bonds is 5. The predicted molar refractivity (Wildman–Crippen MR) is 113 cm³/mol. The third-order valence-electron chi connectivity index (χ3n) is 4.07. The Labute approximate surface area is 170 Å². The predicted octanol–water partition coefficient (Wildman–Crippen LogP) is 5.31. The van der Waals surface area contributed by atoms with Crippen molar-refractivity contribution in [3.63, 3.8) is 0 Å². The number of para-hydroxylation sites is 1. The number of carbonyl (C=O) groups excluding carboxylic acids is 1. The van der Waals surface area contributed by atoms with E-state index >= 15 is 0 Å². The maximum atomic E-state index is 12.9. The standard InChI is InChI=1S/C21H16N4OS2/c1-14-16(11-12-17(23-14)15-7-3-2-4-8-15)20(26)24-18-9-5-6-10-19(18)28-21-25-22-13-27-21/h2-13H,1H3,(H,24,26). The van der Waals surface area contributed by atoms with E-state index in [1.165, 1.54) is 23.1 Å². The first kappa shape index (κ1) is 18.3. The van der Waals surface area contributed by atoms with Crippen LogP contribution in [0.1, 0.15) is 16.1 Å². The second kappa shape index (κ2) is 8.33. The summed E-state index contributed by atoms with van der Waals surface area (Å²) in [5.74, 6) is -0.185. The van der Waals surface area contributed by atoms with Crippen LogP contribution in [0.4, 0.5) is 5.69 Å². The Morgan fingerprint density at radius 3 is 2.54 bits per heavy atom. The fraction of sp³-hybridized carbons (Fsp3) is 0.0476. The summed E-state index contributed by atoms with van der Waals surface area (Å²) in [5.41, 5.74) is 5.54. The second-order valence-electron chi connectivity index (χ2n) is 5.95. The molecule has 2 aromatic carbocycles. The van der Waals surface area contributed by atoms with Gasteiger partial charge in [-0.2, -0.15) is 0 Å². The molecule has 0 aliphatic rings. The van der Waals surface area contributed by atoms with Gasteiger partial charge in [-0.05, 0) is 31.2 Å². The summed E-state index contributed by atoms with van der Waals surface area (Å²) in [6, 6.07) is 21.3. The van der Waals surface area contributed by atoms with Gasteiger partial charge in [0.05, 0.1) is 22.6 Å². The first-order valence-corrected chi connectivity index (χ1v) is 10.3. The number of benzene rings is 2. The van der Waals surface area contributed by atoms with Gasteiger partial charge < -0.3 is 5.32 Å². The summed E-state index contributed by atoms with van der Waals surface area (Å²) in [4.78, 5) is 18.4. The van der Waals surface area contributed by atoms with E-state index in [2.05, 4.69) is 20.5 Å². The Morgan fingerprint density at radius 2 is 1.79 bits per heavy atom. The zero-order valence-electron chi connectivity index (χ0n) is 15.0.